The Morgan fingerprint density at radius 1 is 1.25 bits per heavy atom. The maximum Gasteiger partial charge on any atom is 0.0194 e. The van der Waals surface area contributed by atoms with Crippen LogP contribution in [0.1, 0.15) is 39.2 Å². The lowest BCUT2D eigenvalue weighted by Crippen LogP contribution is -2.20. The fraction of sp³-hybridized carbons (Fsp3) is 0.571. The van der Waals surface area contributed by atoms with Crippen molar-refractivity contribution in [2.45, 2.75) is 44.9 Å². The fourth-order valence-corrected chi connectivity index (χ4v) is 2.38. The van der Waals surface area contributed by atoms with Crippen LogP contribution in [0.3, 0.4) is 0 Å². The van der Waals surface area contributed by atoms with Crippen molar-refractivity contribution in [1.82, 2.24) is 0 Å². The molecule has 0 aliphatic rings. The highest BCUT2D eigenvalue weighted by molar-refractivity contribution is 9.10. The molecule has 0 radical (unpaired) electrons. The lowest BCUT2D eigenvalue weighted by Gasteiger charge is -2.25. The minimum absolute atomic E-state index is 0.358. The highest BCUT2D eigenvalue weighted by Gasteiger charge is 2.20. The Labute approximate surface area is 116 Å². The van der Waals surface area contributed by atoms with Crippen LogP contribution in [0.5, 0.6) is 0 Å². The van der Waals surface area contributed by atoms with Crippen molar-refractivity contribution in [3.05, 3.63) is 34.3 Å². The molecule has 0 saturated heterocycles. The third-order valence-corrected chi connectivity index (χ3v) is 5.08. The van der Waals surface area contributed by atoms with Crippen molar-refractivity contribution < 1.29 is 0 Å². The summed E-state index contributed by atoms with van der Waals surface area (Å²) in [6.45, 7) is 6.85. The SMILES string of the molecule is CC(C)(C)C(Br)CCCc1cccc(Br)c1. The summed E-state index contributed by atoms with van der Waals surface area (Å²) in [5.41, 5.74) is 1.78. The monoisotopic (exact) mass is 346 g/mol. The van der Waals surface area contributed by atoms with E-state index in [2.05, 4.69) is 76.9 Å². The second-order valence-corrected chi connectivity index (χ2v) is 7.38. The molecule has 0 aliphatic carbocycles. The van der Waals surface area contributed by atoms with Gasteiger partial charge in [0.15, 0.2) is 0 Å². The van der Waals surface area contributed by atoms with Gasteiger partial charge < -0.3 is 0 Å². The third kappa shape index (κ3) is 5.01. The molecule has 0 N–H and O–H groups in total. The standard InChI is InChI=1S/C14H20Br2/c1-14(2,3)13(16)9-5-7-11-6-4-8-12(15)10-11/h4,6,8,10,13H,5,7,9H2,1-3H3. The fourth-order valence-electron chi connectivity index (χ4n) is 1.61. The Balaban J connectivity index is 2.36. The molecule has 2 heteroatoms. The van der Waals surface area contributed by atoms with Crippen LogP contribution in [0.25, 0.3) is 0 Å². The van der Waals surface area contributed by atoms with E-state index >= 15 is 0 Å². The van der Waals surface area contributed by atoms with Gasteiger partial charge in [0.2, 0.25) is 0 Å². The van der Waals surface area contributed by atoms with Gasteiger partial charge in [-0.15, -0.1) is 0 Å². The molecule has 1 unspecified atom stereocenters. The van der Waals surface area contributed by atoms with Gasteiger partial charge in [-0.25, -0.2) is 0 Å². The van der Waals surface area contributed by atoms with E-state index in [9.17, 15) is 0 Å². The summed E-state index contributed by atoms with van der Waals surface area (Å²) in [5, 5.41) is 0. The first-order valence-corrected chi connectivity index (χ1v) is 7.49. The zero-order valence-corrected chi connectivity index (χ0v) is 13.4. The van der Waals surface area contributed by atoms with E-state index in [4.69, 9.17) is 0 Å². The summed E-state index contributed by atoms with van der Waals surface area (Å²) in [7, 11) is 0. The molecule has 1 aromatic rings. The lowest BCUT2D eigenvalue weighted by molar-refractivity contribution is 0.380. The molecular weight excluding hydrogens is 328 g/mol. The summed E-state index contributed by atoms with van der Waals surface area (Å²) in [6.07, 6.45) is 3.64. The number of hydrogen-bond acceptors (Lipinski definition) is 0. The van der Waals surface area contributed by atoms with Gasteiger partial charge in [-0.3, -0.25) is 0 Å². The van der Waals surface area contributed by atoms with Crippen LogP contribution in [-0.4, -0.2) is 4.83 Å². The van der Waals surface area contributed by atoms with Crippen LogP contribution in [-0.2, 0) is 6.42 Å². The van der Waals surface area contributed by atoms with Gasteiger partial charge in [-0.05, 0) is 42.4 Å². The molecule has 0 aromatic heterocycles. The quantitative estimate of drug-likeness (QED) is 0.623. The van der Waals surface area contributed by atoms with E-state index < -0.39 is 0 Å². The molecule has 0 aliphatic heterocycles. The lowest BCUT2D eigenvalue weighted by atomic mass is 9.89. The van der Waals surface area contributed by atoms with Gasteiger partial charge in [-0.2, -0.15) is 0 Å². The Kier molecular flexibility index (Phi) is 5.52. The highest BCUT2D eigenvalue weighted by Crippen LogP contribution is 2.30. The Bertz CT molecular complexity index is 326. The van der Waals surface area contributed by atoms with Crippen LogP contribution < -0.4 is 0 Å². The summed E-state index contributed by atoms with van der Waals surface area (Å²) in [6, 6.07) is 8.59. The maximum atomic E-state index is 3.78. The molecular formula is C14H20Br2. The first-order valence-electron chi connectivity index (χ1n) is 5.78. The molecule has 1 aromatic carbocycles. The second-order valence-electron chi connectivity index (χ2n) is 5.36. The number of halogens is 2. The predicted molar refractivity (Wildman–Crippen MR) is 79.3 cm³/mol. The molecule has 0 fully saturated rings. The Hall–Kier alpha value is 0.180. The van der Waals surface area contributed by atoms with Gasteiger partial charge in [0.25, 0.3) is 0 Å². The first kappa shape index (κ1) is 14.2. The van der Waals surface area contributed by atoms with Crippen molar-refractivity contribution in [2.75, 3.05) is 0 Å². The third-order valence-electron chi connectivity index (χ3n) is 2.75. The Morgan fingerprint density at radius 2 is 1.94 bits per heavy atom. The van der Waals surface area contributed by atoms with Crippen molar-refractivity contribution in [1.29, 1.82) is 0 Å². The highest BCUT2D eigenvalue weighted by atomic mass is 79.9. The van der Waals surface area contributed by atoms with E-state index in [1.807, 2.05) is 0 Å². The van der Waals surface area contributed by atoms with E-state index in [0.29, 0.717) is 10.2 Å². The van der Waals surface area contributed by atoms with E-state index in [1.165, 1.54) is 22.9 Å². The van der Waals surface area contributed by atoms with Crippen molar-refractivity contribution in [3.8, 4) is 0 Å². The average molecular weight is 348 g/mol. The number of aryl methyl sites for hydroxylation is 1. The van der Waals surface area contributed by atoms with Crippen molar-refractivity contribution >= 4 is 31.9 Å². The normalized spacial score (nSPS) is 13.8. The van der Waals surface area contributed by atoms with Crippen molar-refractivity contribution in [2.24, 2.45) is 5.41 Å². The van der Waals surface area contributed by atoms with Crippen LogP contribution in [0.2, 0.25) is 0 Å². The van der Waals surface area contributed by atoms with Gasteiger partial charge in [0, 0.05) is 9.30 Å². The van der Waals surface area contributed by atoms with Gasteiger partial charge >= 0.3 is 0 Å². The van der Waals surface area contributed by atoms with Crippen LogP contribution >= 0.6 is 31.9 Å². The molecule has 1 atom stereocenters. The van der Waals surface area contributed by atoms with Crippen LogP contribution in [0.15, 0.2) is 28.7 Å². The van der Waals surface area contributed by atoms with Crippen LogP contribution in [0.4, 0.5) is 0 Å². The summed E-state index contributed by atoms with van der Waals surface area (Å²) in [4.78, 5) is 0.604. The first-order chi connectivity index (χ1) is 7.39. The molecule has 0 spiro atoms. The molecule has 0 saturated carbocycles. The molecule has 0 bridgehead atoms. The van der Waals surface area contributed by atoms with E-state index in [0.717, 1.165) is 6.42 Å². The Morgan fingerprint density at radius 3 is 2.50 bits per heavy atom. The minimum atomic E-state index is 0.358. The van der Waals surface area contributed by atoms with Crippen LogP contribution in [0, 0.1) is 5.41 Å². The average Bonchev–Trinajstić information content (AvgIpc) is 2.16. The molecule has 0 heterocycles. The smallest absolute Gasteiger partial charge is 0.0194 e. The summed E-state index contributed by atoms with van der Waals surface area (Å²) >= 11 is 7.28. The van der Waals surface area contributed by atoms with E-state index in [-0.39, 0.29) is 0 Å². The summed E-state index contributed by atoms with van der Waals surface area (Å²) in [5.74, 6) is 0. The molecule has 1 rings (SSSR count). The topological polar surface area (TPSA) is 0 Å². The predicted octanol–water partition coefficient (Wildman–Crippen LogP) is 5.58. The number of rotatable bonds is 4. The largest absolute Gasteiger partial charge is 0.0885 e. The summed E-state index contributed by atoms with van der Waals surface area (Å²) < 4.78 is 1.18. The number of alkyl halides is 1. The van der Waals surface area contributed by atoms with Gasteiger partial charge in [0.1, 0.15) is 0 Å². The van der Waals surface area contributed by atoms with Gasteiger partial charge in [0.05, 0.1) is 0 Å². The maximum absolute atomic E-state index is 3.78. The van der Waals surface area contributed by atoms with Crippen molar-refractivity contribution in [3.63, 3.8) is 0 Å². The van der Waals surface area contributed by atoms with E-state index in [1.54, 1.807) is 0 Å². The molecule has 90 valence electrons. The number of benzene rings is 1. The minimum Gasteiger partial charge on any atom is -0.0885 e. The zero-order valence-electron chi connectivity index (χ0n) is 10.3. The molecule has 16 heavy (non-hydrogen) atoms. The zero-order chi connectivity index (χ0) is 12.2. The molecule has 0 amide bonds. The second kappa shape index (κ2) is 6.20. The number of hydrogen-bond donors (Lipinski definition) is 0. The molecule has 0 nitrogen and oxygen atoms in total. The van der Waals surface area contributed by atoms with Gasteiger partial charge in [-0.1, -0.05) is 64.8 Å².